The van der Waals surface area contributed by atoms with E-state index in [9.17, 15) is 0 Å². The SMILES string of the molecule is C1=C2CC(=CC3=NC(=Nc4[nH]c(c5ccccc45)N=C4N=C1c1ccccc14)c1ccccc13)c1ccccc12.Cc1ccc(N(c2ccc(C)cc2)c2ccc(-c3ccc(N(c4ccc(C)cc4)c4ccc(C)cc4)c(C)c3)cc2C)cc1. The van der Waals surface area contributed by atoms with Crippen LogP contribution in [-0.4, -0.2) is 28.1 Å². The highest BCUT2D eigenvalue weighted by atomic mass is 15.2. The molecule has 1 N–H and O–H groups in total. The Labute approximate surface area is 491 Å². The monoisotopic (exact) mass is 1080 g/mol. The summed E-state index contributed by atoms with van der Waals surface area (Å²) in [4.78, 5) is 28.5. The number of nitrogens with one attached hydrogen (secondary N) is 1. The molecule has 0 saturated heterocycles. The molecule has 0 atom stereocenters. The van der Waals surface area contributed by atoms with Crippen LogP contribution in [0.2, 0.25) is 0 Å². The number of anilines is 6. The number of H-pyrrole nitrogens is 1. The van der Waals surface area contributed by atoms with Crippen LogP contribution >= 0.6 is 0 Å². The third kappa shape index (κ3) is 9.69. The Morgan fingerprint density at radius 2 is 0.643 bits per heavy atom. The zero-order valence-corrected chi connectivity index (χ0v) is 48.0. The van der Waals surface area contributed by atoms with Crippen molar-refractivity contribution in [1.29, 1.82) is 0 Å². The molecule has 3 aliphatic heterocycles. The van der Waals surface area contributed by atoms with Crippen molar-refractivity contribution in [3.8, 4) is 11.1 Å². The second-order valence-corrected chi connectivity index (χ2v) is 22.4. The van der Waals surface area contributed by atoms with Crippen LogP contribution in [0.3, 0.4) is 0 Å². The topological polar surface area (TPSA) is 71.7 Å². The quantitative estimate of drug-likeness (QED) is 0.173. The van der Waals surface area contributed by atoms with Crippen molar-refractivity contribution in [3.63, 3.8) is 0 Å². The molecule has 7 heteroatoms. The van der Waals surface area contributed by atoms with Crippen LogP contribution in [-0.2, 0) is 0 Å². The van der Waals surface area contributed by atoms with Crippen molar-refractivity contribution in [2.45, 2.75) is 48.0 Å². The second-order valence-electron chi connectivity index (χ2n) is 22.4. The molecular weight excluding hydrogens is 1020 g/mol. The smallest absolute Gasteiger partial charge is 0.162 e. The molecule has 11 aromatic rings. The zero-order chi connectivity index (χ0) is 57.0. The average Bonchev–Trinajstić information content (AvgIpc) is 2.82. The lowest BCUT2D eigenvalue weighted by molar-refractivity contribution is 1.23. The van der Waals surface area contributed by atoms with E-state index in [4.69, 9.17) is 20.0 Å². The number of benzene rings is 10. The molecule has 0 fully saturated rings. The van der Waals surface area contributed by atoms with Crippen molar-refractivity contribution in [2.75, 3.05) is 9.80 Å². The van der Waals surface area contributed by atoms with E-state index in [2.05, 4.69) is 275 Å². The van der Waals surface area contributed by atoms with Crippen LogP contribution in [0.4, 0.5) is 45.8 Å². The van der Waals surface area contributed by atoms with Crippen LogP contribution in [0.25, 0.3) is 33.0 Å². The van der Waals surface area contributed by atoms with Gasteiger partial charge in [0.05, 0.1) is 11.4 Å². The van der Waals surface area contributed by atoms with Crippen LogP contribution in [0.1, 0.15) is 73.2 Å². The number of hydrogen-bond acceptors (Lipinski definition) is 6. The third-order valence-corrected chi connectivity index (χ3v) is 16.4. The Kier molecular flexibility index (Phi) is 13.2. The largest absolute Gasteiger partial charge is 0.324 e. The van der Waals surface area contributed by atoms with Gasteiger partial charge < -0.3 is 14.8 Å². The minimum atomic E-state index is 0.703. The number of aromatic amines is 1. The summed E-state index contributed by atoms with van der Waals surface area (Å²) in [5, 5.41) is 2.01. The molecule has 1 aliphatic carbocycles. The summed E-state index contributed by atoms with van der Waals surface area (Å²) in [6.07, 6.45) is 5.28. The summed E-state index contributed by atoms with van der Waals surface area (Å²) in [7, 11) is 0. The predicted octanol–water partition coefficient (Wildman–Crippen LogP) is 20.0. The highest BCUT2D eigenvalue weighted by Gasteiger charge is 2.29. The molecule has 8 bridgehead atoms. The van der Waals surface area contributed by atoms with Crippen molar-refractivity contribution >= 4 is 90.8 Å². The van der Waals surface area contributed by atoms with E-state index >= 15 is 0 Å². The normalized spacial score (nSPS) is 13.5. The van der Waals surface area contributed by atoms with Gasteiger partial charge in [-0.05, 0) is 177 Å². The molecule has 0 unspecified atom stereocenters. The molecule has 4 aliphatic rings. The van der Waals surface area contributed by atoms with Gasteiger partial charge >= 0.3 is 0 Å². The van der Waals surface area contributed by atoms with Gasteiger partial charge in [0.25, 0.3) is 0 Å². The number of aliphatic imine (C=N–C) groups is 4. The lowest BCUT2D eigenvalue weighted by Gasteiger charge is -2.28. The van der Waals surface area contributed by atoms with E-state index in [0.717, 1.165) is 85.3 Å². The Morgan fingerprint density at radius 1 is 0.321 bits per heavy atom. The molecule has 1 aromatic heterocycles. The number of aromatic nitrogens is 1. The van der Waals surface area contributed by atoms with Gasteiger partial charge in [0.2, 0.25) is 0 Å². The fourth-order valence-electron chi connectivity index (χ4n) is 12.0. The maximum Gasteiger partial charge on any atom is 0.162 e. The van der Waals surface area contributed by atoms with Crippen LogP contribution in [0, 0.1) is 41.5 Å². The molecule has 0 spiro atoms. The molecule has 84 heavy (non-hydrogen) atoms. The molecule has 0 saturated carbocycles. The van der Waals surface area contributed by atoms with Crippen molar-refractivity contribution in [2.24, 2.45) is 20.0 Å². The molecule has 4 heterocycles. The second kappa shape index (κ2) is 21.4. The molecule has 0 radical (unpaired) electrons. The van der Waals surface area contributed by atoms with E-state index < -0.39 is 0 Å². The Balaban J connectivity index is 0.000000150. The maximum absolute atomic E-state index is 5.09. The van der Waals surface area contributed by atoms with Crippen molar-refractivity contribution in [1.82, 2.24) is 4.98 Å². The summed E-state index contributed by atoms with van der Waals surface area (Å²) in [6.45, 7) is 13.0. The minimum Gasteiger partial charge on any atom is -0.324 e. The van der Waals surface area contributed by atoms with Gasteiger partial charge in [0.15, 0.2) is 11.7 Å². The first-order valence-corrected chi connectivity index (χ1v) is 28.8. The summed E-state index contributed by atoms with van der Waals surface area (Å²) in [5.41, 5.74) is 28.0. The van der Waals surface area contributed by atoms with E-state index in [1.165, 1.54) is 78.2 Å². The number of amidine groups is 2. The van der Waals surface area contributed by atoms with Gasteiger partial charge in [-0.3, -0.25) is 0 Å². The molecule has 404 valence electrons. The Bertz CT molecular complexity index is 4220. The maximum atomic E-state index is 5.09. The molecule has 0 amide bonds. The summed E-state index contributed by atoms with van der Waals surface area (Å²) in [5.74, 6) is 2.89. The van der Waals surface area contributed by atoms with Crippen LogP contribution in [0.15, 0.2) is 263 Å². The third-order valence-electron chi connectivity index (χ3n) is 16.4. The van der Waals surface area contributed by atoms with Gasteiger partial charge in [0.1, 0.15) is 11.6 Å². The minimum absolute atomic E-state index is 0.703. The molecule has 15 rings (SSSR count). The highest BCUT2D eigenvalue weighted by Crippen LogP contribution is 2.45. The van der Waals surface area contributed by atoms with Gasteiger partial charge in [-0.25, -0.2) is 20.0 Å². The number of nitrogens with zero attached hydrogens (tertiary/aromatic N) is 6. The van der Waals surface area contributed by atoms with Gasteiger partial charge in [-0.2, -0.15) is 0 Å². The van der Waals surface area contributed by atoms with Crippen LogP contribution in [0.5, 0.6) is 0 Å². The standard InChI is InChI=1S/C42H40N2.C35H21N5/c1-29-7-17-37(18-8-29)43(38-19-9-30(2)10-20-38)41-25-15-35(27-33(41)5)36-16-26-42(34(6)28-36)44(39-21-11-31(3)12-22-39)40-23-13-32(4)14-24-40;1-2-10-23-21-17-20(22(23)9-1)18-30-24-11-3-5-13-26(24)32(36-30)38-34-28-15-7-8-16-29(28)35(40-34)39-33-27-14-6-4-12-25(27)31(19-21)37-33/h7-28H,1-6H3;1-16,18-19H,17H2,(H,36,37,38,39,40). The number of allylic oxidation sites excluding steroid dienone is 4. The van der Waals surface area contributed by atoms with E-state index in [1.54, 1.807) is 0 Å². The Hall–Kier alpha value is -10.5. The van der Waals surface area contributed by atoms with Gasteiger partial charge in [-0.1, -0.05) is 180 Å². The lowest BCUT2D eigenvalue weighted by Crippen LogP contribution is -2.12. The average molecular weight is 1080 g/mol. The fraction of sp³-hybridized carbons (Fsp3) is 0.0909. The fourth-order valence-corrected chi connectivity index (χ4v) is 12.0. The number of hydrogen-bond donors (Lipinski definition) is 1. The number of fused-ring (bicyclic) bond motifs is 18. The van der Waals surface area contributed by atoms with E-state index in [1.807, 2.05) is 24.3 Å². The zero-order valence-electron chi connectivity index (χ0n) is 48.0. The molecule has 10 aromatic carbocycles. The first-order valence-electron chi connectivity index (χ1n) is 28.8. The van der Waals surface area contributed by atoms with Crippen LogP contribution < -0.4 is 9.80 Å². The summed E-state index contributed by atoms with van der Waals surface area (Å²) >= 11 is 0. The van der Waals surface area contributed by atoms with Gasteiger partial charge in [0, 0.05) is 67.2 Å². The van der Waals surface area contributed by atoms with Crippen molar-refractivity contribution < 1.29 is 0 Å². The highest BCUT2D eigenvalue weighted by molar-refractivity contribution is 6.31. The predicted molar refractivity (Wildman–Crippen MR) is 353 cm³/mol. The number of aryl methyl sites for hydroxylation is 6. The van der Waals surface area contributed by atoms with E-state index in [-0.39, 0.29) is 0 Å². The Morgan fingerprint density at radius 3 is 0.988 bits per heavy atom. The first kappa shape index (κ1) is 51.6. The van der Waals surface area contributed by atoms with Gasteiger partial charge in [-0.15, -0.1) is 0 Å². The van der Waals surface area contributed by atoms with E-state index in [0.29, 0.717) is 11.7 Å². The summed E-state index contributed by atoms with van der Waals surface area (Å²) in [6, 6.07) is 82.3. The molecular formula is C77H61N7. The molecule has 7 nitrogen and oxygen atoms in total. The summed E-state index contributed by atoms with van der Waals surface area (Å²) < 4.78 is 0. The first-order chi connectivity index (χ1) is 41.1. The lowest BCUT2D eigenvalue weighted by atomic mass is 9.98. The number of rotatable bonds is 7. The van der Waals surface area contributed by atoms with Crippen molar-refractivity contribution in [3.05, 3.63) is 309 Å².